The van der Waals surface area contributed by atoms with Crippen LogP contribution in [0.4, 0.5) is 5.69 Å². The van der Waals surface area contributed by atoms with Gasteiger partial charge in [0.1, 0.15) is 5.69 Å². The number of carbonyl (C=O) groups excluding carboxylic acids is 1. The fraction of sp³-hybridized carbons (Fsp3) is 0.688. The van der Waals surface area contributed by atoms with E-state index < -0.39 is 0 Å². The van der Waals surface area contributed by atoms with Crippen molar-refractivity contribution in [2.24, 2.45) is 5.92 Å². The molecule has 0 aliphatic heterocycles. The summed E-state index contributed by atoms with van der Waals surface area (Å²) < 4.78 is 2.06. The molecule has 20 heavy (non-hydrogen) atoms. The zero-order chi connectivity index (χ0) is 14.1. The van der Waals surface area contributed by atoms with Gasteiger partial charge < -0.3 is 15.6 Å². The van der Waals surface area contributed by atoms with Gasteiger partial charge in [-0.1, -0.05) is 26.2 Å². The number of carbonyl (C=O) groups is 1. The number of nitrogen functional groups attached to an aromatic ring is 1. The Morgan fingerprint density at radius 3 is 2.80 bits per heavy atom. The van der Waals surface area contributed by atoms with Crippen LogP contribution in [0.3, 0.4) is 0 Å². The summed E-state index contributed by atoms with van der Waals surface area (Å²) in [7, 11) is 0. The van der Waals surface area contributed by atoms with Gasteiger partial charge in [-0.25, -0.2) is 0 Å². The first-order valence-corrected chi connectivity index (χ1v) is 7.97. The van der Waals surface area contributed by atoms with E-state index in [0.717, 1.165) is 31.4 Å². The van der Waals surface area contributed by atoms with Gasteiger partial charge in [-0.15, -0.1) is 0 Å². The van der Waals surface area contributed by atoms with E-state index in [1.807, 2.05) is 12.3 Å². The van der Waals surface area contributed by atoms with Gasteiger partial charge in [-0.2, -0.15) is 0 Å². The summed E-state index contributed by atoms with van der Waals surface area (Å²) in [5.41, 5.74) is 7.30. The van der Waals surface area contributed by atoms with Crippen molar-refractivity contribution in [3.63, 3.8) is 0 Å². The molecular weight excluding hydrogens is 250 g/mol. The molecule has 0 spiro atoms. The Labute approximate surface area is 120 Å². The highest BCUT2D eigenvalue weighted by molar-refractivity contribution is 5.94. The first-order chi connectivity index (χ1) is 9.69. The number of nitrogens with zero attached hydrogens (tertiary/aromatic N) is 1. The summed E-state index contributed by atoms with van der Waals surface area (Å²) in [4.78, 5) is 12.6. The average molecular weight is 275 g/mol. The lowest BCUT2D eigenvalue weighted by atomic mass is 9.83. The number of aromatic nitrogens is 1. The number of anilines is 1. The molecule has 1 aromatic rings. The molecule has 2 fully saturated rings. The predicted octanol–water partition coefficient (Wildman–Crippen LogP) is 3.10. The van der Waals surface area contributed by atoms with E-state index in [-0.39, 0.29) is 5.91 Å². The molecule has 2 aliphatic carbocycles. The lowest BCUT2D eigenvalue weighted by molar-refractivity contribution is 0.0895. The molecule has 0 bridgehead atoms. The Morgan fingerprint density at radius 2 is 2.10 bits per heavy atom. The van der Waals surface area contributed by atoms with Crippen LogP contribution in [0.1, 0.15) is 68.4 Å². The smallest absolute Gasteiger partial charge is 0.268 e. The Bertz CT molecular complexity index is 490. The van der Waals surface area contributed by atoms with Crippen LogP contribution in [0.2, 0.25) is 0 Å². The topological polar surface area (TPSA) is 60.1 Å². The van der Waals surface area contributed by atoms with Crippen LogP contribution in [0.5, 0.6) is 0 Å². The molecule has 0 radical (unpaired) electrons. The first-order valence-electron chi connectivity index (χ1n) is 7.97. The molecule has 3 rings (SSSR count). The monoisotopic (exact) mass is 275 g/mol. The summed E-state index contributed by atoms with van der Waals surface area (Å²) in [5, 5.41) is 3.26. The molecule has 4 nitrogen and oxygen atoms in total. The third kappa shape index (κ3) is 2.69. The fourth-order valence-electron chi connectivity index (χ4n) is 3.47. The number of hydrogen-bond donors (Lipinski definition) is 2. The summed E-state index contributed by atoms with van der Waals surface area (Å²) in [5.74, 6) is 0.688. The van der Waals surface area contributed by atoms with Crippen molar-refractivity contribution < 1.29 is 4.79 Å². The third-order valence-corrected chi connectivity index (χ3v) is 4.79. The van der Waals surface area contributed by atoms with Gasteiger partial charge in [-0.05, 0) is 37.7 Å². The highest BCUT2D eigenvalue weighted by atomic mass is 16.2. The van der Waals surface area contributed by atoms with E-state index in [1.165, 1.54) is 19.3 Å². The summed E-state index contributed by atoms with van der Waals surface area (Å²) >= 11 is 0. The van der Waals surface area contributed by atoms with Crippen molar-refractivity contribution in [3.05, 3.63) is 18.0 Å². The van der Waals surface area contributed by atoms with Crippen molar-refractivity contribution in [1.82, 2.24) is 9.88 Å². The third-order valence-electron chi connectivity index (χ3n) is 4.79. The van der Waals surface area contributed by atoms with E-state index in [4.69, 9.17) is 5.73 Å². The van der Waals surface area contributed by atoms with E-state index in [1.54, 1.807) is 0 Å². The molecule has 2 aliphatic rings. The number of nitrogens with one attached hydrogen (secondary N) is 1. The van der Waals surface area contributed by atoms with Crippen molar-refractivity contribution in [2.45, 2.75) is 64.0 Å². The van der Waals surface area contributed by atoms with Gasteiger partial charge in [0.15, 0.2) is 0 Å². The minimum atomic E-state index is 0.0546. The number of amides is 1. The zero-order valence-corrected chi connectivity index (χ0v) is 12.3. The standard InChI is InChI=1S/C16H25N3O/c1-2-11-5-3-4-6-14(11)18-16(20)15-9-12(17)10-19(15)13-7-8-13/h9-11,13-14H,2-8,17H2,1H3,(H,18,20). The van der Waals surface area contributed by atoms with Crippen molar-refractivity contribution in [3.8, 4) is 0 Å². The maximum atomic E-state index is 12.6. The molecule has 1 heterocycles. The molecule has 2 atom stereocenters. The molecule has 1 aromatic heterocycles. The van der Waals surface area contributed by atoms with Gasteiger partial charge >= 0.3 is 0 Å². The largest absolute Gasteiger partial charge is 0.397 e. The van der Waals surface area contributed by atoms with Gasteiger partial charge in [0, 0.05) is 18.3 Å². The lowest BCUT2D eigenvalue weighted by Crippen LogP contribution is -2.42. The summed E-state index contributed by atoms with van der Waals surface area (Å²) in [6, 6.07) is 2.64. The molecule has 1 amide bonds. The van der Waals surface area contributed by atoms with Crippen LogP contribution < -0.4 is 11.1 Å². The SMILES string of the molecule is CCC1CCCCC1NC(=O)c1cc(N)cn1C1CC1. The Morgan fingerprint density at radius 1 is 1.35 bits per heavy atom. The maximum absolute atomic E-state index is 12.6. The molecule has 2 unspecified atom stereocenters. The van der Waals surface area contributed by atoms with Crippen LogP contribution in [-0.2, 0) is 0 Å². The normalized spacial score (nSPS) is 26.4. The van der Waals surface area contributed by atoms with E-state index in [2.05, 4.69) is 16.8 Å². The van der Waals surface area contributed by atoms with Crippen molar-refractivity contribution >= 4 is 11.6 Å². The second-order valence-corrected chi connectivity index (χ2v) is 6.33. The van der Waals surface area contributed by atoms with Crippen LogP contribution in [0, 0.1) is 5.92 Å². The van der Waals surface area contributed by atoms with E-state index >= 15 is 0 Å². The predicted molar refractivity (Wildman–Crippen MR) is 80.6 cm³/mol. The van der Waals surface area contributed by atoms with E-state index in [9.17, 15) is 4.79 Å². The van der Waals surface area contributed by atoms with Crippen molar-refractivity contribution in [2.75, 3.05) is 5.73 Å². The summed E-state index contributed by atoms with van der Waals surface area (Å²) in [6.07, 6.45) is 10.3. The average Bonchev–Trinajstić information content (AvgIpc) is 3.22. The molecule has 2 saturated carbocycles. The fourth-order valence-corrected chi connectivity index (χ4v) is 3.47. The zero-order valence-electron chi connectivity index (χ0n) is 12.3. The van der Waals surface area contributed by atoms with Crippen LogP contribution >= 0.6 is 0 Å². The Hall–Kier alpha value is -1.45. The molecule has 0 saturated heterocycles. The maximum Gasteiger partial charge on any atom is 0.268 e. The van der Waals surface area contributed by atoms with Crippen LogP contribution in [0.15, 0.2) is 12.3 Å². The lowest BCUT2D eigenvalue weighted by Gasteiger charge is -2.31. The van der Waals surface area contributed by atoms with E-state index in [0.29, 0.717) is 23.7 Å². The summed E-state index contributed by atoms with van der Waals surface area (Å²) in [6.45, 7) is 2.22. The minimum absolute atomic E-state index is 0.0546. The van der Waals surface area contributed by atoms with Crippen LogP contribution in [0.25, 0.3) is 0 Å². The Balaban J connectivity index is 1.72. The first kappa shape index (κ1) is 13.5. The van der Waals surface area contributed by atoms with Crippen LogP contribution in [-0.4, -0.2) is 16.5 Å². The highest BCUT2D eigenvalue weighted by Crippen LogP contribution is 2.37. The molecule has 0 aromatic carbocycles. The second kappa shape index (κ2) is 5.51. The molecule has 3 N–H and O–H groups in total. The second-order valence-electron chi connectivity index (χ2n) is 6.33. The molecular formula is C16H25N3O. The number of hydrogen-bond acceptors (Lipinski definition) is 2. The van der Waals surface area contributed by atoms with Gasteiger partial charge in [0.05, 0.1) is 5.69 Å². The van der Waals surface area contributed by atoms with Gasteiger partial charge in [0.2, 0.25) is 0 Å². The van der Waals surface area contributed by atoms with Gasteiger partial charge in [-0.3, -0.25) is 4.79 Å². The molecule has 110 valence electrons. The van der Waals surface area contributed by atoms with Gasteiger partial charge in [0.25, 0.3) is 5.91 Å². The number of nitrogens with two attached hydrogens (primary N) is 1. The highest BCUT2D eigenvalue weighted by Gasteiger charge is 2.30. The van der Waals surface area contributed by atoms with Crippen molar-refractivity contribution in [1.29, 1.82) is 0 Å². The number of rotatable bonds is 4. The molecule has 4 heteroatoms. The quantitative estimate of drug-likeness (QED) is 0.887. The Kier molecular flexibility index (Phi) is 3.72. The minimum Gasteiger partial charge on any atom is -0.397 e.